The standard InChI is InChI=1S/C18H22O5/c1-17-5-4-12-10(11(17)2-3-15(17)20)6-14-13(7-16(21)22)18(12,8-19)9-23-14/h7-8,10-12,14H,2-6,9H2,1H3,(H,21,22). The molecule has 0 spiro atoms. The molecule has 5 nitrogen and oxygen atoms in total. The molecule has 2 bridgehead atoms. The van der Waals surface area contributed by atoms with Crippen molar-refractivity contribution in [1.29, 1.82) is 0 Å². The summed E-state index contributed by atoms with van der Waals surface area (Å²) in [4.78, 5) is 35.6. The van der Waals surface area contributed by atoms with Gasteiger partial charge in [-0.15, -0.1) is 0 Å². The lowest BCUT2D eigenvalue weighted by atomic mass is 9.49. The molecule has 0 aromatic rings. The molecular weight excluding hydrogens is 296 g/mol. The molecule has 4 aliphatic rings. The Hall–Kier alpha value is -1.49. The molecule has 4 fully saturated rings. The van der Waals surface area contributed by atoms with Crippen LogP contribution in [0.4, 0.5) is 0 Å². The van der Waals surface area contributed by atoms with Crippen LogP contribution in [0.25, 0.3) is 0 Å². The first-order valence-electron chi connectivity index (χ1n) is 8.48. The Labute approximate surface area is 135 Å². The van der Waals surface area contributed by atoms with Crippen molar-refractivity contribution in [3.05, 3.63) is 11.6 Å². The van der Waals surface area contributed by atoms with Crippen LogP contribution in [0.15, 0.2) is 11.6 Å². The van der Waals surface area contributed by atoms with Gasteiger partial charge < -0.3 is 14.6 Å². The molecule has 5 heteroatoms. The van der Waals surface area contributed by atoms with Crippen molar-refractivity contribution >= 4 is 18.0 Å². The third kappa shape index (κ3) is 1.80. The summed E-state index contributed by atoms with van der Waals surface area (Å²) >= 11 is 0. The Kier molecular flexibility index (Phi) is 3.12. The number of aldehydes is 1. The second-order valence-electron chi connectivity index (χ2n) is 7.93. The molecule has 1 N–H and O–H groups in total. The zero-order chi connectivity index (χ0) is 16.4. The third-order valence-corrected chi connectivity index (χ3v) is 7.19. The van der Waals surface area contributed by atoms with Gasteiger partial charge in [0.1, 0.15) is 12.1 Å². The van der Waals surface area contributed by atoms with Gasteiger partial charge in [-0.05, 0) is 49.0 Å². The second kappa shape index (κ2) is 4.76. The lowest BCUT2D eigenvalue weighted by Crippen LogP contribution is -2.52. The number of hydrogen-bond donors (Lipinski definition) is 1. The number of carbonyl (C=O) groups is 3. The number of fused-ring (bicyclic) bond motifs is 6. The van der Waals surface area contributed by atoms with Gasteiger partial charge in [-0.3, -0.25) is 4.79 Å². The summed E-state index contributed by atoms with van der Waals surface area (Å²) in [6.45, 7) is 2.38. The van der Waals surface area contributed by atoms with E-state index in [4.69, 9.17) is 9.84 Å². The number of hydrogen-bond acceptors (Lipinski definition) is 4. The van der Waals surface area contributed by atoms with Crippen molar-refractivity contribution in [3.8, 4) is 0 Å². The Morgan fingerprint density at radius 3 is 2.83 bits per heavy atom. The van der Waals surface area contributed by atoms with Crippen LogP contribution in [0.3, 0.4) is 0 Å². The fraction of sp³-hybridized carbons (Fsp3) is 0.722. The number of aliphatic carboxylic acids is 1. The summed E-state index contributed by atoms with van der Waals surface area (Å²) < 4.78 is 5.84. The first kappa shape index (κ1) is 15.1. The van der Waals surface area contributed by atoms with E-state index in [1.807, 2.05) is 0 Å². The zero-order valence-electron chi connectivity index (χ0n) is 13.3. The van der Waals surface area contributed by atoms with E-state index in [-0.39, 0.29) is 23.4 Å². The summed E-state index contributed by atoms with van der Waals surface area (Å²) in [5, 5.41) is 9.17. The number of carbonyl (C=O) groups excluding carboxylic acids is 2. The van der Waals surface area contributed by atoms with Gasteiger partial charge in [0, 0.05) is 17.9 Å². The summed E-state index contributed by atoms with van der Waals surface area (Å²) in [5.41, 5.74) is -0.397. The molecule has 0 aromatic carbocycles. The number of carboxylic acids is 1. The monoisotopic (exact) mass is 318 g/mol. The van der Waals surface area contributed by atoms with Crippen LogP contribution in [-0.2, 0) is 19.1 Å². The summed E-state index contributed by atoms with van der Waals surface area (Å²) in [7, 11) is 0. The average molecular weight is 318 g/mol. The molecule has 3 aliphatic carbocycles. The van der Waals surface area contributed by atoms with Crippen LogP contribution >= 0.6 is 0 Å². The van der Waals surface area contributed by atoms with E-state index in [0.717, 1.165) is 32.0 Å². The summed E-state index contributed by atoms with van der Waals surface area (Å²) in [6, 6.07) is 0. The van der Waals surface area contributed by atoms with Crippen LogP contribution in [0.1, 0.15) is 39.0 Å². The van der Waals surface area contributed by atoms with Gasteiger partial charge in [0.05, 0.1) is 18.1 Å². The molecule has 124 valence electrons. The molecule has 1 saturated heterocycles. The van der Waals surface area contributed by atoms with Crippen molar-refractivity contribution in [1.82, 2.24) is 0 Å². The first-order valence-corrected chi connectivity index (χ1v) is 8.48. The molecule has 23 heavy (non-hydrogen) atoms. The lowest BCUT2D eigenvalue weighted by molar-refractivity contribution is -0.133. The third-order valence-electron chi connectivity index (χ3n) is 7.19. The number of Topliss-reactive ketones (excluding diaryl/α,β-unsaturated/α-hetero) is 1. The van der Waals surface area contributed by atoms with Crippen LogP contribution in [-0.4, -0.2) is 35.9 Å². The fourth-order valence-corrected chi connectivity index (χ4v) is 6.05. The van der Waals surface area contributed by atoms with E-state index >= 15 is 0 Å². The van der Waals surface area contributed by atoms with E-state index in [2.05, 4.69) is 6.92 Å². The highest BCUT2D eigenvalue weighted by molar-refractivity contribution is 5.87. The quantitative estimate of drug-likeness (QED) is 0.622. The maximum absolute atomic E-state index is 12.4. The first-order chi connectivity index (χ1) is 10.9. The van der Waals surface area contributed by atoms with E-state index in [1.54, 1.807) is 0 Å². The minimum atomic E-state index is -1.02. The van der Waals surface area contributed by atoms with E-state index < -0.39 is 11.4 Å². The lowest BCUT2D eigenvalue weighted by Gasteiger charge is -2.52. The number of ether oxygens (including phenoxy) is 1. The molecule has 0 aromatic heterocycles. The van der Waals surface area contributed by atoms with E-state index in [1.165, 1.54) is 6.08 Å². The molecule has 6 atom stereocenters. The predicted octanol–water partition coefficient (Wildman–Crippen LogP) is 2.00. The smallest absolute Gasteiger partial charge is 0.328 e. The van der Waals surface area contributed by atoms with Crippen molar-refractivity contribution in [2.75, 3.05) is 6.61 Å². The Balaban J connectivity index is 1.77. The molecular formula is C18H22O5. The summed E-state index contributed by atoms with van der Waals surface area (Å²) in [5.74, 6) is 0.0407. The van der Waals surface area contributed by atoms with Crippen LogP contribution < -0.4 is 0 Å². The highest BCUT2D eigenvalue weighted by Crippen LogP contribution is 2.64. The molecule has 6 unspecified atom stereocenters. The van der Waals surface area contributed by atoms with Gasteiger partial charge >= 0.3 is 5.97 Å². The Bertz CT molecular complexity index is 623. The highest BCUT2D eigenvalue weighted by Gasteiger charge is 2.64. The molecule has 4 rings (SSSR count). The topological polar surface area (TPSA) is 80.7 Å². The zero-order valence-corrected chi connectivity index (χ0v) is 13.3. The maximum atomic E-state index is 12.4. The predicted molar refractivity (Wildman–Crippen MR) is 80.6 cm³/mol. The van der Waals surface area contributed by atoms with Crippen LogP contribution in [0.2, 0.25) is 0 Å². The van der Waals surface area contributed by atoms with Gasteiger partial charge in [0.2, 0.25) is 0 Å². The molecule has 1 aliphatic heterocycles. The largest absolute Gasteiger partial charge is 0.478 e. The van der Waals surface area contributed by atoms with Gasteiger partial charge in [0.25, 0.3) is 0 Å². The number of rotatable bonds is 2. The van der Waals surface area contributed by atoms with Crippen molar-refractivity contribution in [2.24, 2.45) is 28.6 Å². The molecule has 0 amide bonds. The van der Waals surface area contributed by atoms with Gasteiger partial charge in [-0.1, -0.05) is 6.92 Å². The summed E-state index contributed by atoms with van der Waals surface area (Å²) in [6.07, 6.45) is 5.72. The Morgan fingerprint density at radius 1 is 1.35 bits per heavy atom. The average Bonchev–Trinajstić information content (AvgIpc) is 2.93. The number of carboxylic acid groups (broad SMARTS) is 1. The van der Waals surface area contributed by atoms with Gasteiger partial charge in [-0.2, -0.15) is 0 Å². The number of ketones is 1. The van der Waals surface area contributed by atoms with Crippen molar-refractivity contribution < 1.29 is 24.2 Å². The SMILES string of the molecule is CC12CCC3C(CC4OCC3(C=O)C4=CC(=O)O)C1CCC2=O. The highest BCUT2D eigenvalue weighted by atomic mass is 16.5. The minimum absolute atomic E-state index is 0.105. The Morgan fingerprint density at radius 2 is 2.13 bits per heavy atom. The van der Waals surface area contributed by atoms with Gasteiger partial charge in [0.15, 0.2) is 0 Å². The van der Waals surface area contributed by atoms with E-state index in [9.17, 15) is 14.4 Å². The maximum Gasteiger partial charge on any atom is 0.328 e. The van der Waals surface area contributed by atoms with E-state index in [0.29, 0.717) is 30.3 Å². The van der Waals surface area contributed by atoms with Crippen LogP contribution in [0, 0.1) is 28.6 Å². The fourth-order valence-electron chi connectivity index (χ4n) is 6.05. The van der Waals surface area contributed by atoms with Gasteiger partial charge in [-0.25, -0.2) is 4.79 Å². The minimum Gasteiger partial charge on any atom is -0.478 e. The molecule has 1 heterocycles. The van der Waals surface area contributed by atoms with Crippen LogP contribution in [0.5, 0.6) is 0 Å². The molecule has 0 radical (unpaired) electrons. The normalized spacial score (nSPS) is 49.8. The van der Waals surface area contributed by atoms with Crippen molar-refractivity contribution in [2.45, 2.75) is 45.1 Å². The van der Waals surface area contributed by atoms with Crippen molar-refractivity contribution in [3.63, 3.8) is 0 Å². The second-order valence-corrected chi connectivity index (χ2v) is 7.93. The molecule has 3 saturated carbocycles.